The van der Waals surface area contributed by atoms with E-state index in [1.54, 1.807) is 13.0 Å². The van der Waals surface area contributed by atoms with Gasteiger partial charge in [-0.15, -0.1) is 0 Å². The number of nitrogens with one attached hydrogen (secondary N) is 1. The van der Waals surface area contributed by atoms with E-state index in [0.717, 1.165) is 33.1 Å². The number of rotatable bonds is 4. The number of aromatic nitrogens is 2. The molecule has 7 heteroatoms. The van der Waals surface area contributed by atoms with Crippen LogP contribution in [0, 0.1) is 17.0 Å². The fourth-order valence-corrected chi connectivity index (χ4v) is 5.45. The van der Waals surface area contributed by atoms with Gasteiger partial charge in [-0.25, -0.2) is 4.98 Å². The molecule has 0 radical (unpaired) electrons. The van der Waals surface area contributed by atoms with Crippen LogP contribution in [0.2, 0.25) is 19.6 Å². The molecule has 0 aliphatic heterocycles. The van der Waals surface area contributed by atoms with Crippen LogP contribution in [0.5, 0.6) is 0 Å². The number of aryl methyl sites for hydroxylation is 2. The predicted octanol–water partition coefficient (Wildman–Crippen LogP) is 5.32. The van der Waals surface area contributed by atoms with Crippen LogP contribution >= 0.6 is 15.9 Å². The van der Waals surface area contributed by atoms with Crippen molar-refractivity contribution in [1.82, 2.24) is 9.97 Å². The van der Waals surface area contributed by atoms with Crippen molar-refractivity contribution in [3.05, 3.63) is 50.1 Å². The van der Waals surface area contributed by atoms with E-state index in [1.807, 2.05) is 18.3 Å². The van der Waals surface area contributed by atoms with Crippen molar-refractivity contribution in [2.45, 2.75) is 39.9 Å². The lowest BCUT2D eigenvalue weighted by Gasteiger charge is -2.18. The van der Waals surface area contributed by atoms with Gasteiger partial charge in [0.2, 0.25) is 0 Å². The Morgan fingerprint density at radius 2 is 2.00 bits per heavy atom. The summed E-state index contributed by atoms with van der Waals surface area (Å²) < 4.78 is 0.969. The molecule has 3 aromatic rings. The third kappa shape index (κ3) is 3.10. The maximum atomic E-state index is 11.5. The zero-order chi connectivity index (χ0) is 19.2. The number of hydrogen-bond donors (Lipinski definition) is 1. The van der Waals surface area contributed by atoms with E-state index in [-0.39, 0.29) is 10.6 Å². The molecule has 1 N–H and O–H groups in total. The summed E-state index contributed by atoms with van der Waals surface area (Å²) in [4.78, 5) is 19.2. The Balaban J connectivity index is 2.46. The van der Waals surface area contributed by atoms with Crippen molar-refractivity contribution < 1.29 is 4.92 Å². The molecule has 0 saturated heterocycles. The molecule has 5 nitrogen and oxygen atoms in total. The van der Waals surface area contributed by atoms with Gasteiger partial charge in [0.25, 0.3) is 5.69 Å². The Labute approximate surface area is 162 Å². The first kappa shape index (κ1) is 18.8. The molecule has 3 rings (SSSR count). The summed E-state index contributed by atoms with van der Waals surface area (Å²) >= 11 is 3.62. The minimum atomic E-state index is -1.74. The highest BCUT2D eigenvalue weighted by molar-refractivity contribution is 9.10. The van der Waals surface area contributed by atoms with Crippen LogP contribution < -0.4 is 5.32 Å². The van der Waals surface area contributed by atoms with Crippen LogP contribution in [0.25, 0.3) is 22.2 Å². The van der Waals surface area contributed by atoms with Crippen molar-refractivity contribution in [3.8, 4) is 11.1 Å². The van der Waals surface area contributed by atoms with Crippen molar-refractivity contribution >= 4 is 46.0 Å². The smallest absolute Gasteiger partial charge is 0.272 e. The quantitative estimate of drug-likeness (QED) is 0.345. The molecule has 0 saturated carbocycles. The summed E-state index contributed by atoms with van der Waals surface area (Å²) in [6.07, 6.45) is 2.68. The Morgan fingerprint density at radius 3 is 2.58 bits per heavy atom. The number of nitrogens with zero attached hydrogens (tertiary/aromatic N) is 2. The molecule has 0 spiro atoms. The Morgan fingerprint density at radius 1 is 1.31 bits per heavy atom. The first-order valence-electron chi connectivity index (χ1n) is 8.60. The molecule has 0 unspecified atom stereocenters. The van der Waals surface area contributed by atoms with Crippen LogP contribution in [0.15, 0.2) is 28.9 Å². The number of hydrogen-bond acceptors (Lipinski definition) is 3. The molecule has 0 aliphatic rings. The SMILES string of the molecule is CCc1c(Br)cnc2[nH]c([Si](C)(C)C)c(-c3ccc(C)c([N+](=O)[O-])c3)c12. The van der Waals surface area contributed by atoms with E-state index in [0.29, 0.717) is 5.56 Å². The first-order valence-corrected chi connectivity index (χ1v) is 12.9. The molecule has 2 aromatic heterocycles. The van der Waals surface area contributed by atoms with Crippen molar-refractivity contribution in [1.29, 1.82) is 0 Å². The Bertz CT molecular complexity index is 1020. The van der Waals surface area contributed by atoms with E-state index in [4.69, 9.17) is 0 Å². The lowest BCUT2D eigenvalue weighted by atomic mass is 9.99. The number of H-pyrrole nitrogens is 1. The molecule has 0 amide bonds. The van der Waals surface area contributed by atoms with Gasteiger partial charge in [-0.2, -0.15) is 0 Å². The minimum absolute atomic E-state index is 0.152. The average molecular weight is 432 g/mol. The molecule has 0 aliphatic carbocycles. The topological polar surface area (TPSA) is 71.8 Å². The second-order valence-electron chi connectivity index (χ2n) is 7.55. The van der Waals surface area contributed by atoms with Gasteiger partial charge in [-0.1, -0.05) is 38.7 Å². The monoisotopic (exact) mass is 431 g/mol. The zero-order valence-electron chi connectivity index (χ0n) is 15.6. The minimum Gasteiger partial charge on any atom is -0.347 e. The number of pyridine rings is 1. The van der Waals surface area contributed by atoms with E-state index in [1.165, 1.54) is 10.9 Å². The van der Waals surface area contributed by atoms with Gasteiger partial charge in [-0.05, 0) is 40.4 Å². The van der Waals surface area contributed by atoms with Gasteiger partial charge < -0.3 is 4.98 Å². The fourth-order valence-electron chi connectivity index (χ4n) is 3.35. The number of fused-ring (bicyclic) bond motifs is 1. The maximum Gasteiger partial charge on any atom is 0.272 e. The van der Waals surface area contributed by atoms with Gasteiger partial charge >= 0.3 is 0 Å². The largest absolute Gasteiger partial charge is 0.347 e. The van der Waals surface area contributed by atoms with Crippen LogP contribution in [-0.2, 0) is 6.42 Å². The molecule has 0 fully saturated rings. The highest BCUT2D eigenvalue weighted by Gasteiger charge is 2.28. The molecule has 2 heterocycles. The highest BCUT2D eigenvalue weighted by Crippen LogP contribution is 2.36. The molecular formula is C19H22BrN3O2Si. The van der Waals surface area contributed by atoms with Gasteiger partial charge in [0.1, 0.15) is 5.65 Å². The molecule has 26 heavy (non-hydrogen) atoms. The standard InChI is InChI=1S/C19H22BrN3O2Si/c1-6-13-14(20)10-21-18-17(13)16(19(22-18)26(3,4)5)12-8-7-11(2)15(9-12)23(24)25/h7-10H,6H2,1-5H3,(H,21,22). The summed E-state index contributed by atoms with van der Waals surface area (Å²) in [5.41, 5.74) is 4.78. The van der Waals surface area contributed by atoms with Crippen LogP contribution in [0.4, 0.5) is 5.69 Å². The van der Waals surface area contributed by atoms with Crippen molar-refractivity contribution in [3.63, 3.8) is 0 Å². The second-order valence-corrected chi connectivity index (χ2v) is 13.4. The summed E-state index contributed by atoms with van der Waals surface area (Å²) in [5, 5.41) is 13.7. The van der Waals surface area contributed by atoms with Crippen LogP contribution in [0.3, 0.4) is 0 Å². The third-order valence-electron chi connectivity index (χ3n) is 4.68. The lowest BCUT2D eigenvalue weighted by molar-refractivity contribution is -0.385. The van der Waals surface area contributed by atoms with Gasteiger partial charge in [0.15, 0.2) is 0 Å². The third-order valence-corrected chi connectivity index (χ3v) is 7.23. The fraction of sp³-hybridized carbons (Fsp3) is 0.316. The normalized spacial score (nSPS) is 11.9. The highest BCUT2D eigenvalue weighted by atomic mass is 79.9. The van der Waals surface area contributed by atoms with Gasteiger partial charge in [0, 0.05) is 38.6 Å². The van der Waals surface area contributed by atoms with E-state index < -0.39 is 8.07 Å². The molecule has 0 bridgehead atoms. The Kier molecular flexibility index (Phi) is 4.79. The molecule has 136 valence electrons. The predicted molar refractivity (Wildman–Crippen MR) is 113 cm³/mol. The van der Waals surface area contributed by atoms with Gasteiger partial charge in [-0.3, -0.25) is 10.1 Å². The van der Waals surface area contributed by atoms with E-state index >= 15 is 0 Å². The number of aromatic amines is 1. The van der Waals surface area contributed by atoms with Crippen molar-refractivity contribution in [2.75, 3.05) is 0 Å². The van der Waals surface area contributed by atoms with Gasteiger partial charge in [0.05, 0.1) is 13.0 Å². The van der Waals surface area contributed by atoms with E-state index in [9.17, 15) is 10.1 Å². The van der Waals surface area contributed by atoms with E-state index in [2.05, 4.69) is 52.5 Å². The maximum absolute atomic E-state index is 11.5. The summed E-state index contributed by atoms with van der Waals surface area (Å²) in [7, 11) is -1.74. The number of nitro groups is 1. The zero-order valence-corrected chi connectivity index (χ0v) is 18.2. The molecular weight excluding hydrogens is 410 g/mol. The van der Waals surface area contributed by atoms with Crippen molar-refractivity contribution in [2.24, 2.45) is 0 Å². The number of benzene rings is 1. The first-order chi connectivity index (χ1) is 12.1. The summed E-state index contributed by atoms with van der Waals surface area (Å²) in [5.74, 6) is 0. The lowest BCUT2D eigenvalue weighted by Crippen LogP contribution is -2.39. The number of halogens is 1. The van der Waals surface area contributed by atoms with Crippen LogP contribution in [0.1, 0.15) is 18.1 Å². The number of nitro benzene ring substituents is 1. The molecule has 1 aromatic carbocycles. The summed E-state index contributed by atoms with van der Waals surface area (Å²) in [6.45, 7) is 10.7. The second kappa shape index (κ2) is 6.63. The molecule has 0 atom stereocenters. The summed E-state index contributed by atoms with van der Waals surface area (Å²) in [6, 6.07) is 5.51. The Hall–Kier alpha value is -1.99. The van der Waals surface area contributed by atoms with Crippen LogP contribution in [-0.4, -0.2) is 23.0 Å². The average Bonchev–Trinajstić information content (AvgIpc) is 2.95.